The molecule has 1 aliphatic heterocycles. The fourth-order valence-corrected chi connectivity index (χ4v) is 5.09. The Balaban J connectivity index is 1.55. The molecule has 36 heavy (non-hydrogen) atoms. The number of nitrogens with one attached hydrogen (secondary N) is 1. The molecule has 6 rings (SSSR count). The molecule has 0 bridgehead atoms. The van der Waals surface area contributed by atoms with E-state index < -0.39 is 0 Å². The van der Waals surface area contributed by atoms with Gasteiger partial charge in [0.25, 0.3) is 0 Å². The Hall–Kier alpha value is -3.96. The molecule has 0 saturated carbocycles. The van der Waals surface area contributed by atoms with E-state index in [1.54, 1.807) is 0 Å². The molecule has 4 aromatic carbocycles. The Labute approximate surface area is 219 Å². The summed E-state index contributed by atoms with van der Waals surface area (Å²) < 4.78 is 1.04. The molecule has 2 heterocycles. The summed E-state index contributed by atoms with van der Waals surface area (Å²) in [5, 5.41) is 8.20. The lowest BCUT2D eigenvalue weighted by molar-refractivity contribution is 0.633. The van der Waals surface area contributed by atoms with Crippen LogP contribution >= 0.6 is 15.9 Å². The van der Waals surface area contributed by atoms with Crippen LogP contribution in [0.4, 0.5) is 11.5 Å². The third-order valence-electron chi connectivity index (χ3n) is 6.62. The van der Waals surface area contributed by atoms with Crippen molar-refractivity contribution in [3.8, 4) is 11.3 Å². The molecule has 0 radical (unpaired) electrons. The number of anilines is 1. The standard InChI is InChI=1S/C31H25BrN4/c32-26-18-16-25(17-19-26)29-30-31(35-34-29)36(21-22-10-4-1-5-11-22)28(24-14-8-3-9-15-24)20-27(33-30)23-12-6-2-7-13-23/h1-19,28H,20-21H2,(H,34,35)/t28-/m0/s1. The van der Waals surface area contributed by atoms with Gasteiger partial charge in [0.1, 0.15) is 5.69 Å². The molecular formula is C31H25BrN4. The predicted molar refractivity (Wildman–Crippen MR) is 151 cm³/mol. The fourth-order valence-electron chi connectivity index (χ4n) is 4.82. The number of benzene rings is 4. The third kappa shape index (κ3) is 4.50. The minimum atomic E-state index is 0.0766. The Bertz CT molecular complexity index is 1480. The first-order valence-corrected chi connectivity index (χ1v) is 12.9. The predicted octanol–water partition coefficient (Wildman–Crippen LogP) is 8.11. The number of fused-ring (bicyclic) bond motifs is 1. The molecule has 5 heteroatoms. The van der Waals surface area contributed by atoms with E-state index in [0.717, 1.165) is 51.5 Å². The van der Waals surface area contributed by atoms with Gasteiger partial charge in [-0.15, -0.1) is 0 Å². The monoisotopic (exact) mass is 532 g/mol. The molecule has 1 atom stereocenters. The van der Waals surface area contributed by atoms with E-state index in [2.05, 4.69) is 135 Å². The van der Waals surface area contributed by atoms with Crippen LogP contribution in [-0.2, 0) is 6.54 Å². The number of hydrogen-bond acceptors (Lipinski definition) is 3. The summed E-state index contributed by atoms with van der Waals surface area (Å²) in [7, 11) is 0. The summed E-state index contributed by atoms with van der Waals surface area (Å²) in [6.07, 6.45) is 0.775. The highest BCUT2D eigenvalue weighted by Crippen LogP contribution is 2.45. The van der Waals surface area contributed by atoms with Gasteiger partial charge in [0.15, 0.2) is 5.82 Å². The number of aromatic nitrogens is 2. The van der Waals surface area contributed by atoms with Crippen LogP contribution in [-0.4, -0.2) is 15.9 Å². The summed E-state index contributed by atoms with van der Waals surface area (Å²) in [5.41, 5.74) is 7.54. The molecule has 0 saturated heterocycles. The van der Waals surface area contributed by atoms with Crippen molar-refractivity contribution in [2.45, 2.75) is 19.0 Å². The first-order valence-electron chi connectivity index (χ1n) is 12.1. The molecule has 1 N–H and O–H groups in total. The molecule has 4 nitrogen and oxygen atoms in total. The second kappa shape index (κ2) is 9.96. The van der Waals surface area contributed by atoms with Gasteiger partial charge in [0.05, 0.1) is 17.4 Å². The summed E-state index contributed by atoms with van der Waals surface area (Å²) in [5.74, 6) is 0.872. The average Bonchev–Trinajstić information content (AvgIpc) is 3.28. The molecule has 0 aliphatic carbocycles. The van der Waals surface area contributed by atoms with E-state index in [0.29, 0.717) is 0 Å². The van der Waals surface area contributed by atoms with Crippen molar-refractivity contribution in [1.29, 1.82) is 0 Å². The minimum absolute atomic E-state index is 0.0766. The van der Waals surface area contributed by atoms with Crippen molar-refractivity contribution < 1.29 is 0 Å². The van der Waals surface area contributed by atoms with Crippen LogP contribution in [0.2, 0.25) is 0 Å². The lowest BCUT2D eigenvalue weighted by Gasteiger charge is -2.31. The van der Waals surface area contributed by atoms with Crippen molar-refractivity contribution in [2.75, 3.05) is 4.90 Å². The Morgan fingerprint density at radius 3 is 2.08 bits per heavy atom. The van der Waals surface area contributed by atoms with Crippen molar-refractivity contribution >= 4 is 33.1 Å². The van der Waals surface area contributed by atoms with Crippen LogP contribution in [0.3, 0.4) is 0 Å². The van der Waals surface area contributed by atoms with E-state index in [9.17, 15) is 0 Å². The maximum absolute atomic E-state index is 5.31. The quantitative estimate of drug-likeness (QED) is 0.248. The molecule has 0 spiro atoms. The zero-order valence-corrected chi connectivity index (χ0v) is 21.3. The number of rotatable bonds is 5. The van der Waals surface area contributed by atoms with Gasteiger partial charge in [-0.25, -0.2) is 4.99 Å². The molecule has 0 amide bonds. The number of H-pyrrole nitrogens is 1. The molecule has 5 aromatic rings. The van der Waals surface area contributed by atoms with E-state index >= 15 is 0 Å². The highest BCUT2D eigenvalue weighted by molar-refractivity contribution is 9.10. The maximum atomic E-state index is 5.31. The van der Waals surface area contributed by atoms with E-state index in [-0.39, 0.29) is 6.04 Å². The third-order valence-corrected chi connectivity index (χ3v) is 7.15. The topological polar surface area (TPSA) is 44.3 Å². The SMILES string of the molecule is Brc1ccc(-c2[nH]nc3c2N=C(c2ccccc2)C[C@@H](c2ccccc2)N3Cc2ccccc2)cc1. The van der Waals surface area contributed by atoms with Gasteiger partial charge >= 0.3 is 0 Å². The van der Waals surface area contributed by atoms with Crippen molar-refractivity contribution in [1.82, 2.24) is 10.2 Å². The highest BCUT2D eigenvalue weighted by atomic mass is 79.9. The smallest absolute Gasteiger partial charge is 0.177 e. The largest absolute Gasteiger partial charge is 0.342 e. The molecule has 1 aliphatic rings. The van der Waals surface area contributed by atoms with Gasteiger partial charge in [0, 0.05) is 23.0 Å². The number of aromatic amines is 1. The van der Waals surface area contributed by atoms with E-state index in [4.69, 9.17) is 10.1 Å². The summed E-state index contributed by atoms with van der Waals surface area (Å²) in [4.78, 5) is 7.71. The van der Waals surface area contributed by atoms with E-state index in [1.807, 2.05) is 6.07 Å². The first kappa shape index (κ1) is 22.5. The summed E-state index contributed by atoms with van der Waals surface area (Å²) in [6.45, 7) is 0.732. The highest BCUT2D eigenvalue weighted by Gasteiger charge is 2.32. The van der Waals surface area contributed by atoms with Crippen LogP contribution in [0.1, 0.15) is 29.2 Å². The molecule has 0 unspecified atom stereocenters. The number of nitrogens with zero attached hydrogens (tertiary/aromatic N) is 3. The van der Waals surface area contributed by atoms with Gasteiger partial charge in [-0.3, -0.25) is 5.10 Å². The number of aliphatic imine (C=N–C) groups is 1. The van der Waals surface area contributed by atoms with E-state index in [1.165, 1.54) is 11.1 Å². The van der Waals surface area contributed by atoms with Crippen LogP contribution < -0.4 is 4.90 Å². The number of hydrogen-bond donors (Lipinski definition) is 1. The van der Waals surface area contributed by atoms with Crippen molar-refractivity contribution in [3.05, 3.63) is 136 Å². The van der Waals surface area contributed by atoms with Crippen molar-refractivity contribution in [2.24, 2.45) is 4.99 Å². The lowest BCUT2D eigenvalue weighted by Crippen LogP contribution is -2.29. The zero-order chi connectivity index (χ0) is 24.3. The molecule has 176 valence electrons. The zero-order valence-electron chi connectivity index (χ0n) is 19.7. The van der Waals surface area contributed by atoms with Crippen LogP contribution in [0.25, 0.3) is 11.3 Å². The molecule has 0 fully saturated rings. The van der Waals surface area contributed by atoms with Crippen LogP contribution in [0.15, 0.2) is 125 Å². The normalized spacial score (nSPS) is 15.2. The summed E-state index contributed by atoms with van der Waals surface area (Å²) >= 11 is 3.56. The minimum Gasteiger partial charge on any atom is -0.342 e. The molecule has 1 aromatic heterocycles. The summed E-state index contributed by atoms with van der Waals surface area (Å²) in [6, 6.07) is 40.2. The second-order valence-electron chi connectivity index (χ2n) is 8.95. The lowest BCUT2D eigenvalue weighted by atomic mass is 9.96. The van der Waals surface area contributed by atoms with Crippen LogP contribution in [0.5, 0.6) is 0 Å². The van der Waals surface area contributed by atoms with Crippen molar-refractivity contribution in [3.63, 3.8) is 0 Å². The van der Waals surface area contributed by atoms with Gasteiger partial charge in [-0.2, -0.15) is 5.10 Å². The van der Waals surface area contributed by atoms with Gasteiger partial charge in [0.2, 0.25) is 0 Å². The second-order valence-corrected chi connectivity index (χ2v) is 9.86. The van der Waals surface area contributed by atoms with Gasteiger partial charge in [-0.1, -0.05) is 119 Å². The Kier molecular flexibility index (Phi) is 6.22. The number of halogens is 1. The van der Waals surface area contributed by atoms with Crippen LogP contribution in [0, 0.1) is 0 Å². The fraction of sp³-hybridized carbons (Fsp3) is 0.0968. The average molecular weight is 533 g/mol. The Morgan fingerprint density at radius 2 is 1.39 bits per heavy atom. The van der Waals surface area contributed by atoms with Gasteiger partial charge in [-0.05, 0) is 28.8 Å². The Morgan fingerprint density at radius 1 is 0.750 bits per heavy atom. The van der Waals surface area contributed by atoms with Gasteiger partial charge < -0.3 is 4.90 Å². The maximum Gasteiger partial charge on any atom is 0.177 e. The first-order chi connectivity index (χ1) is 17.8. The molecular weight excluding hydrogens is 508 g/mol.